The Bertz CT molecular complexity index is 251. The average Bonchev–Trinajstić information content (AvgIpc) is 2.26. The van der Waals surface area contributed by atoms with Crippen LogP contribution in [0.15, 0.2) is 12.1 Å². The number of halogens is 4. The molecule has 0 saturated carbocycles. The predicted molar refractivity (Wildman–Crippen MR) is 45.7 cm³/mol. The number of alkyl halides is 4. The first-order valence-electron chi connectivity index (χ1n) is 4.14. The molecule has 1 aromatic carbocycles. The minimum absolute atomic E-state index is 0.0948. The molecule has 0 bridgehead atoms. The molecule has 0 saturated heterocycles. The van der Waals surface area contributed by atoms with Crippen molar-refractivity contribution in [3.63, 3.8) is 0 Å². The minimum Gasteiger partial charge on any atom is -0.246 e. The van der Waals surface area contributed by atoms with Crippen molar-refractivity contribution in [1.82, 2.24) is 0 Å². The van der Waals surface area contributed by atoms with Crippen molar-refractivity contribution in [2.75, 3.05) is 0 Å². The quantitative estimate of drug-likeness (QED) is 0.660. The summed E-state index contributed by atoms with van der Waals surface area (Å²) in [5.74, 6) is 0. The summed E-state index contributed by atoms with van der Waals surface area (Å²) in [7, 11) is 0. The molecule has 1 rings (SSSR count). The van der Waals surface area contributed by atoms with Crippen molar-refractivity contribution in [2.45, 2.75) is 26.7 Å². The van der Waals surface area contributed by atoms with Crippen LogP contribution in [0.3, 0.4) is 0 Å². The van der Waals surface area contributed by atoms with Gasteiger partial charge in [-0.2, -0.15) is 0 Å². The molecule has 4 heteroatoms. The van der Waals surface area contributed by atoms with E-state index in [2.05, 4.69) is 0 Å². The number of rotatable bonds is 4. The monoisotopic (exact) mass is 206 g/mol. The highest BCUT2D eigenvalue weighted by atomic mass is 19.1. The Labute approximate surface area is 79.6 Å². The average molecular weight is 206 g/mol. The van der Waals surface area contributed by atoms with Gasteiger partial charge in [0.1, 0.15) is 26.7 Å². The summed E-state index contributed by atoms with van der Waals surface area (Å²) in [6.45, 7) is -3.45. The molecular weight excluding hydrogens is 196 g/mol. The van der Waals surface area contributed by atoms with Gasteiger partial charge in [-0.3, -0.25) is 0 Å². The molecule has 1 aromatic rings. The SMILES string of the molecule is FCc1cc(CF)c(CF)cc1CF. The Morgan fingerprint density at radius 1 is 0.571 bits per heavy atom. The highest BCUT2D eigenvalue weighted by Gasteiger charge is 2.09. The maximum absolute atomic E-state index is 12.3. The maximum atomic E-state index is 12.3. The van der Waals surface area contributed by atoms with Crippen LogP contribution in [0.5, 0.6) is 0 Å². The number of hydrogen-bond acceptors (Lipinski definition) is 0. The Morgan fingerprint density at radius 2 is 0.786 bits per heavy atom. The van der Waals surface area contributed by atoms with Gasteiger partial charge in [0, 0.05) is 0 Å². The summed E-state index contributed by atoms with van der Waals surface area (Å²) in [5, 5.41) is 0. The lowest BCUT2D eigenvalue weighted by Crippen LogP contribution is -1.97. The molecule has 0 aliphatic carbocycles. The van der Waals surface area contributed by atoms with Crippen LogP contribution in [-0.2, 0) is 26.7 Å². The van der Waals surface area contributed by atoms with E-state index in [9.17, 15) is 17.6 Å². The summed E-state index contributed by atoms with van der Waals surface area (Å²) >= 11 is 0. The fraction of sp³-hybridized carbons (Fsp3) is 0.400. The largest absolute Gasteiger partial charge is 0.246 e. The third kappa shape index (κ3) is 2.05. The molecule has 0 atom stereocenters. The van der Waals surface area contributed by atoms with Gasteiger partial charge in [0.25, 0.3) is 0 Å². The first-order valence-corrected chi connectivity index (χ1v) is 4.14. The Kier molecular flexibility index (Phi) is 3.92. The van der Waals surface area contributed by atoms with Gasteiger partial charge in [0.15, 0.2) is 0 Å². The third-order valence-electron chi connectivity index (χ3n) is 2.10. The molecule has 0 N–H and O–H groups in total. The lowest BCUT2D eigenvalue weighted by atomic mass is 10.0. The van der Waals surface area contributed by atoms with Crippen LogP contribution in [0.4, 0.5) is 17.6 Å². The first kappa shape index (κ1) is 11.0. The van der Waals surface area contributed by atoms with Crippen molar-refractivity contribution in [3.05, 3.63) is 34.4 Å². The fourth-order valence-corrected chi connectivity index (χ4v) is 1.29. The summed E-state index contributed by atoms with van der Waals surface area (Å²) in [5.41, 5.74) is 0.379. The van der Waals surface area contributed by atoms with Gasteiger partial charge in [-0.15, -0.1) is 0 Å². The molecule has 0 spiro atoms. The van der Waals surface area contributed by atoms with Gasteiger partial charge in [0.05, 0.1) is 0 Å². The lowest BCUT2D eigenvalue weighted by molar-refractivity contribution is 0.439. The normalized spacial score (nSPS) is 10.6. The Hall–Kier alpha value is -1.06. The van der Waals surface area contributed by atoms with Gasteiger partial charge in [0.2, 0.25) is 0 Å². The summed E-state index contributed by atoms with van der Waals surface area (Å²) in [4.78, 5) is 0. The second-order valence-corrected chi connectivity index (χ2v) is 2.92. The zero-order valence-electron chi connectivity index (χ0n) is 7.49. The zero-order valence-corrected chi connectivity index (χ0v) is 7.49. The summed E-state index contributed by atoms with van der Waals surface area (Å²) < 4.78 is 49.4. The summed E-state index contributed by atoms with van der Waals surface area (Å²) in [6.07, 6.45) is 0. The van der Waals surface area contributed by atoms with E-state index >= 15 is 0 Å². The highest BCUT2D eigenvalue weighted by molar-refractivity contribution is 5.37. The van der Waals surface area contributed by atoms with Crippen molar-refractivity contribution in [1.29, 1.82) is 0 Å². The van der Waals surface area contributed by atoms with Crippen molar-refractivity contribution in [2.24, 2.45) is 0 Å². The van der Waals surface area contributed by atoms with Gasteiger partial charge >= 0.3 is 0 Å². The Morgan fingerprint density at radius 3 is 0.929 bits per heavy atom. The van der Waals surface area contributed by atoms with Crippen LogP contribution in [0.1, 0.15) is 22.3 Å². The molecule has 0 aromatic heterocycles. The molecule has 14 heavy (non-hydrogen) atoms. The Balaban J connectivity index is 3.20. The molecule has 0 aliphatic heterocycles. The van der Waals surface area contributed by atoms with Crippen LogP contribution in [0, 0.1) is 0 Å². The topological polar surface area (TPSA) is 0 Å². The third-order valence-corrected chi connectivity index (χ3v) is 2.10. The molecule has 0 nitrogen and oxygen atoms in total. The molecule has 0 heterocycles. The molecule has 0 unspecified atom stereocenters. The second kappa shape index (κ2) is 4.98. The molecule has 0 aliphatic rings. The highest BCUT2D eigenvalue weighted by Crippen LogP contribution is 2.21. The van der Waals surface area contributed by atoms with Crippen molar-refractivity contribution in [3.8, 4) is 0 Å². The van der Waals surface area contributed by atoms with E-state index in [0.29, 0.717) is 0 Å². The van der Waals surface area contributed by atoms with E-state index in [-0.39, 0.29) is 22.3 Å². The van der Waals surface area contributed by atoms with E-state index in [4.69, 9.17) is 0 Å². The maximum Gasteiger partial charge on any atom is 0.115 e. The summed E-state index contributed by atoms with van der Waals surface area (Å²) in [6, 6.07) is 2.37. The van der Waals surface area contributed by atoms with E-state index in [1.54, 1.807) is 0 Å². The molecule has 0 radical (unpaired) electrons. The van der Waals surface area contributed by atoms with Crippen LogP contribution < -0.4 is 0 Å². The molecule has 0 fully saturated rings. The van der Waals surface area contributed by atoms with Gasteiger partial charge in [-0.25, -0.2) is 17.6 Å². The van der Waals surface area contributed by atoms with E-state index in [0.717, 1.165) is 0 Å². The van der Waals surface area contributed by atoms with Crippen LogP contribution >= 0.6 is 0 Å². The van der Waals surface area contributed by atoms with Crippen molar-refractivity contribution < 1.29 is 17.6 Å². The number of benzene rings is 1. The molecule has 0 amide bonds. The second-order valence-electron chi connectivity index (χ2n) is 2.92. The van der Waals surface area contributed by atoms with E-state index < -0.39 is 26.7 Å². The van der Waals surface area contributed by atoms with Gasteiger partial charge in [-0.1, -0.05) is 0 Å². The first-order chi connectivity index (χ1) is 6.76. The molecule has 78 valence electrons. The zero-order chi connectivity index (χ0) is 10.6. The molecular formula is C10H10F4. The van der Waals surface area contributed by atoms with E-state index in [1.807, 2.05) is 0 Å². The van der Waals surface area contributed by atoms with Gasteiger partial charge < -0.3 is 0 Å². The van der Waals surface area contributed by atoms with Gasteiger partial charge in [-0.05, 0) is 34.4 Å². The predicted octanol–water partition coefficient (Wildman–Crippen LogP) is 3.56. The van der Waals surface area contributed by atoms with Crippen LogP contribution in [0.25, 0.3) is 0 Å². The lowest BCUT2D eigenvalue weighted by Gasteiger charge is -2.08. The number of hydrogen-bond donors (Lipinski definition) is 0. The van der Waals surface area contributed by atoms with E-state index in [1.165, 1.54) is 12.1 Å². The fourth-order valence-electron chi connectivity index (χ4n) is 1.29. The van der Waals surface area contributed by atoms with Crippen molar-refractivity contribution >= 4 is 0 Å². The minimum atomic E-state index is -0.862. The smallest absolute Gasteiger partial charge is 0.115 e. The van der Waals surface area contributed by atoms with Crippen LogP contribution in [-0.4, -0.2) is 0 Å². The van der Waals surface area contributed by atoms with Crippen LogP contribution in [0.2, 0.25) is 0 Å². The standard InChI is InChI=1S/C10H10F4/c11-3-7-1-8(4-12)10(6-14)2-9(7)5-13/h1-2H,3-6H2.